The predicted molar refractivity (Wildman–Crippen MR) is 114 cm³/mol. The second-order valence-corrected chi connectivity index (χ2v) is 8.53. The number of pyridine rings is 1. The standard InChI is InChI=1S/C22H25N5O3/c1-26-10-13(11-28)22(21(26)30)7-4-8-27(12-22)20-17-14-5-2-3-6-16(14)25-18(17)15(9-24-20)19(23)29/h2-3,5-6,9,13,25,28H,4,7-8,10-12H2,1H3,(H2,23,29)/t13-,22-/m1/s1. The van der Waals surface area contributed by atoms with Crippen LogP contribution in [-0.4, -0.2) is 65.1 Å². The number of hydrogen-bond acceptors (Lipinski definition) is 5. The molecule has 1 aromatic carbocycles. The third-order valence-corrected chi connectivity index (χ3v) is 6.87. The molecule has 2 saturated heterocycles. The number of anilines is 1. The summed E-state index contributed by atoms with van der Waals surface area (Å²) in [5.41, 5.74) is 6.92. The second kappa shape index (κ2) is 6.70. The van der Waals surface area contributed by atoms with Crippen LogP contribution in [-0.2, 0) is 4.79 Å². The Morgan fingerprint density at radius 3 is 2.97 bits per heavy atom. The molecule has 0 saturated carbocycles. The van der Waals surface area contributed by atoms with Gasteiger partial charge in [0, 0.05) is 56.3 Å². The zero-order valence-corrected chi connectivity index (χ0v) is 16.9. The van der Waals surface area contributed by atoms with Gasteiger partial charge in [-0.3, -0.25) is 9.59 Å². The zero-order chi connectivity index (χ0) is 21.0. The number of H-pyrrole nitrogens is 1. The Morgan fingerprint density at radius 2 is 2.20 bits per heavy atom. The van der Waals surface area contributed by atoms with Gasteiger partial charge in [0.2, 0.25) is 5.91 Å². The van der Waals surface area contributed by atoms with E-state index in [1.807, 2.05) is 24.3 Å². The molecule has 156 valence electrons. The maximum atomic E-state index is 13.1. The van der Waals surface area contributed by atoms with Crippen LogP contribution in [0.15, 0.2) is 30.5 Å². The molecule has 2 fully saturated rings. The van der Waals surface area contributed by atoms with E-state index in [9.17, 15) is 14.7 Å². The number of carbonyl (C=O) groups is 2. The Balaban J connectivity index is 1.67. The minimum Gasteiger partial charge on any atom is -0.396 e. The van der Waals surface area contributed by atoms with E-state index in [2.05, 4.69) is 14.9 Å². The Morgan fingerprint density at radius 1 is 1.40 bits per heavy atom. The number of para-hydroxylation sites is 1. The van der Waals surface area contributed by atoms with Gasteiger partial charge in [-0.25, -0.2) is 4.98 Å². The van der Waals surface area contributed by atoms with Gasteiger partial charge in [-0.2, -0.15) is 0 Å². The first-order chi connectivity index (χ1) is 14.5. The molecule has 3 aromatic rings. The van der Waals surface area contributed by atoms with Crippen LogP contribution in [0.3, 0.4) is 0 Å². The number of aromatic amines is 1. The van der Waals surface area contributed by atoms with Gasteiger partial charge < -0.3 is 25.6 Å². The molecule has 8 nitrogen and oxygen atoms in total. The number of amides is 2. The number of aliphatic hydroxyl groups is 1. The van der Waals surface area contributed by atoms with Gasteiger partial charge in [-0.05, 0) is 18.9 Å². The largest absolute Gasteiger partial charge is 0.396 e. The molecule has 0 bridgehead atoms. The summed E-state index contributed by atoms with van der Waals surface area (Å²) < 4.78 is 0. The van der Waals surface area contributed by atoms with E-state index < -0.39 is 11.3 Å². The van der Waals surface area contributed by atoms with Crippen molar-refractivity contribution in [3.05, 3.63) is 36.0 Å². The minimum atomic E-state index is -0.607. The quantitative estimate of drug-likeness (QED) is 0.608. The van der Waals surface area contributed by atoms with E-state index in [1.165, 1.54) is 6.20 Å². The van der Waals surface area contributed by atoms with Crippen LogP contribution in [0.25, 0.3) is 21.8 Å². The Bertz CT molecular complexity index is 1170. The van der Waals surface area contributed by atoms with E-state index in [4.69, 9.17) is 5.73 Å². The minimum absolute atomic E-state index is 0.0134. The molecule has 0 aliphatic carbocycles. The summed E-state index contributed by atoms with van der Waals surface area (Å²) >= 11 is 0. The topological polar surface area (TPSA) is 116 Å². The number of piperidine rings is 1. The van der Waals surface area contributed by atoms with Gasteiger partial charge in [-0.15, -0.1) is 0 Å². The number of primary amides is 1. The highest BCUT2D eigenvalue weighted by Gasteiger charge is 2.54. The monoisotopic (exact) mass is 407 g/mol. The molecule has 30 heavy (non-hydrogen) atoms. The molecule has 0 radical (unpaired) electrons. The normalized spacial score (nSPS) is 24.5. The zero-order valence-electron chi connectivity index (χ0n) is 16.9. The molecule has 2 atom stereocenters. The van der Waals surface area contributed by atoms with Gasteiger partial charge >= 0.3 is 0 Å². The van der Waals surface area contributed by atoms with Gasteiger partial charge in [0.05, 0.1) is 21.9 Å². The van der Waals surface area contributed by atoms with Gasteiger partial charge in [0.25, 0.3) is 5.91 Å². The summed E-state index contributed by atoms with van der Waals surface area (Å²) in [5, 5.41) is 11.8. The van der Waals surface area contributed by atoms with Gasteiger partial charge in [-0.1, -0.05) is 18.2 Å². The van der Waals surface area contributed by atoms with Crippen LogP contribution in [0.2, 0.25) is 0 Å². The number of aliphatic hydroxyl groups excluding tert-OH is 1. The fourth-order valence-corrected chi connectivity index (χ4v) is 5.41. The molecule has 1 spiro atoms. The molecular weight excluding hydrogens is 382 g/mol. The van der Waals surface area contributed by atoms with Crippen molar-refractivity contribution in [1.29, 1.82) is 0 Å². The number of hydrogen-bond donors (Lipinski definition) is 3. The van der Waals surface area contributed by atoms with Crippen molar-refractivity contribution in [2.24, 2.45) is 17.1 Å². The van der Waals surface area contributed by atoms with Crippen LogP contribution in [0.1, 0.15) is 23.2 Å². The molecule has 5 rings (SSSR count). The highest BCUT2D eigenvalue weighted by molar-refractivity contribution is 6.18. The summed E-state index contributed by atoms with van der Waals surface area (Å²) in [4.78, 5) is 36.9. The highest BCUT2D eigenvalue weighted by Crippen LogP contribution is 2.45. The molecular formula is C22H25N5O3. The van der Waals surface area contributed by atoms with E-state index in [1.54, 1.807) is 11.9 Å². The number of carbonyl (C=O) groups excluding carboxylic acids is 2. The fourth-order valence-electron chi connectivity index (χ4n) is 5.41. The summed E-state index contributed by atoms with van der Waals surface area (Å²) in [5.74, 6) is 0.204. The van der Waals surface area contributed by atoms with E-state index >= 15 is 0 Å². The first kappa shape index (κ1) is 18.9. The van der Waals surface area contributed by atoms with Crippen molar-refractivity contribution in [2.45, 2.75) is 12.8 Å². The summed E-state index contributed by atoms with van der Waals surface area (Å²) in [7, 11) is 1.80. The lowest BCUT2D eigenvalue weighted by Crippen LogP contribution is -2.51. The van der Waals surface area contributed by atoms with Gasteiger partial charge in [0.15, 0.2) is 0 Å². The summed E-state index contributed by atoms with van der Waals surface area (Å²) in [6.07, 6.45) is 3.11. The van der Waals surface area contributed by atoms with Crippen molar-refractivity contribution in [2.75, 3.05) is 38.2 Å². The molecule has 2 amide bonds. The van der Waals surface area contributed by atoms with Crippen molar-refractivity contribution >= 4 is 39.4 Å². The number of aromatic nitrogens is 2. The molecule has 2 aromatic heterocycles. The molecule has 4 N–H and O–H groups in total. The highest BCUT2D eigenvalue weighted by atomic mass is 16.3. The average molecular weight is 407 g/mol. The second-order valence-electron chi connectivity index (χ2n) is 8.53. The fraction of sp³-hybridized carbons (Fsp3) is 0.409. The Labute approximate surface area is 173 Å². The van der Waals surface area contributed by atoms with E-state index in [0.29, 0.717) is 24.2 Å². The Kier molecular flexibility index (Phi) is 4.21. The van der Waals surface area contributed by atoms with E-state index in [-0.39, 0.29) is 18.4 Å². The lowest BCUT2D eigenvalue weighted by molar-refractivity contribution is -0.136. The number of likely N-dealkylation sites (tertiary alicyclic amines) is 1. The molecule has 4 heterocycles. The molecule has 0 unspecified atom stereocenters. The van der Waals surface area contributed by atoms with E-state index in [0.717, 1.165) is 41.5 Å². The first-order valence-corrected chi connectivity index (χ1v) is 10.3. The van der Waals surface area contributed by atoms with Crippen LogP contribution in [0.4, 0.5) is 5.82 Å². The number of fused-ring (bicyclic) bond motifs is 3. The number of nitrogens with one attached hydrogen (secondary N) is 1. The summed E-state index contributed by atoms with van der Waals surface area (Å²) in [6.45, 7) is 1.81. The van der Waals surface area contributed by atoms with Crippen molar-refractivity contribution < 1.29 is 14.7 Å². The smallest absolute Gasteiger partial charge is 0.252 e. The number of nitrogens with two attached hydrogens (primary N) is 1. The van der Waals surface area contributed by atoms with Crippen LogP contribution < -0.4 is 10.6 Å². The number of benzene rings is 1. The van der Waals surface area contributed by atoms with Crippen molar-refractivity contribution in [3.63, 3.8) is 0 Å². The average Bonchev–Trinajstić information content (AvgIpc) is 3.24. The number of nitrogens with zero attached hydrogens (tertiary/aromatic N) is 3. The van der Waals surface area contributed by atoms with Crippen LogP contribution in [0.5, 0.6) is 0 Å². The third-order valence-electron chi connectivity index (χ3n) is 6.87. The van der Waals surface area contributed by atoms with Gasteiger partial charge in [0.1, 0.15) is 5.82 Å². The molecule has 8 heteroatoms. The van der Waals surface area contributed by atoms with Crippen molar-refractivity contribution in [3.8, 4) is 0 Å². The van der Waals surface area contributed by atoms with Crippen LogP contribution in [0, 0.1) is 11.3 Å². The number of rotatable bonds is 3. The molecule has 2 aliphatic heterocycles. The molecule has 2 aliphatic rings. The SMILES string of the molecule is CN1C[C@H](CO)[C@]2(CCCN(c3ncc(C(N)=O)c4[nH]c5ccccc5c34)C2)C1=O. The third kappa shape index (κ3) is 2.53. The maximum Gasteiger partial charge on any atom is 0.252 e. The lowest BCUT2D eigenvalue weighted by atomic mass is 9.71. The predicted octanol–water partition coefficient (Wildman–Crippen LogP) is 1.48. The summed E-state index contributed by atoms with van der Waals surface area (Å²) in [6, 6.07) is 7.84. The van der Waals surface area contributed by atoms with Crippen LogP contribution >= 0.6 is 0 Å². The Hall–Kier alpha value is -3.13. The first-order valence-electron chi connectivity index (χ1n) is 10.3. The van der Waals surface area contributed by atoms with Crippen molar-refractivity contribution in [1.82, 2.24) is 14.9 Å². The maximum absolute atomic E-state index is 13.1. The lowest BCUT2D eigenvalue weighted by Gasteiger charge is -2.42.